The van der Waals surface area contributed by atoms with Gasteiger partial charge in [-0.05, 0) is 5.92 Å². The van der Waals surface area contributed by atoms with Crippen LogP contribution in [0.5, 0.6) is 0 Å². The maximum Gasteiger partial charge on any atom is 0.224 e. The maximum absolute atomic E-state index is 10.5. The SMILES string of the molecule is C=C[C@H](C(N)=O)C(C)C. The van der Waals surface area contributed by atoms with Crippen LogP contribution in [0.3, 0.4) is 0 Å². The van der Waals surface area contributed by atoms with Crippen LogP contribution in [0, 0.1) is 11.8 Å². The molecule has 0 aliphatic carbocycles. The normalized spacial score (nSPS) is 13.2. The van der Waals surface area contributed by atoms with Crippen molar-refractivity contribution in [2.75, 3.05) is 0 Å². The highest BCUT2D eigenvalue weighted by Crippen LogP contribution is 2.09. The number of carbonyl (C=O) groups excluding carboxylic acids is 1. The molecule has 0 aromatic heterocycles. The summed E-state index contributed by atoms with van der Waals surface area (Å²) >= 11 is 0. The predicted octanol–water partition coefficient (Wildman–Crippen LogP) is 0.930. The zero-order chi connectivity index (χ0) is 7.44. The molecule has 0 bridgehead atoms. The molecule has 2 nitrogen and oxygen atoms in total. The van der Waals surface area contributed by atoms with E-state index in [0.717, 1.165) is 0 Å². The molecule has 1 amide bonds. The quantitative estimate of drug-likeness (QED) is 0.563. The van der Waals surface area contributed by atoms with Gasteiger partial charge in [0.05, 0.1) is 5.92 Å². The first-order valence-electron chi connectivity index (χ1n) is 3.01. The number of amides is 1. The fourth-order valence-corrected chi connectivity index (χ4v) is 0.717. The van der Waals surface area contributed by atoms with Crippen LogP contribution in [0.1, 0.15) is 13.8 Å². The summed E-state index contributed by atoms with van der Waals surface area (Å²) in [5.74, 6) is -0.204. The molecule has 0 aliphatic rings. The van der Waals surface area contributed by atoms with Crippen LogP contribution >= 0.6 is 0 Å². The Hall–Kier alpha value is -0.790. The molecule has 0 saturated carbocycles. The van der Waals surface area contributed by atoms with Crippen LogP contribution in [-0.2, 0) is 4.79 Å². The molecule has 0 aromatic carbocycles. The summed E-state index contributed by atoms with van der Waals surface area (Å²) < 4.78 is 0. The summed E-state index contributed by atoms with van der Waals surface area (Å²) in [5, 5.41) is 0. The molecule has 1 atom stereocenters. The number of hydrogen-bond donors (Lipinski definition) is 1. The Balaban J connectivity index is 3.98. The fraction of sp³-hybridized carbons (Fsp3) is 0.571. The van der Waals surface area contributed by atoms with Gasteiger partial charge in [-0.2, -0.15) is 0 Å². The van der Waals surface area contributed by atoms with Crippen molar-refractivity contribution in [1.82, 2.24) is 0 Å². The Morgan fingerprint density at radius 3 is 2.11 bits per heavy atom. The van der Waals surface area contributed by atoms with Crippen LogP contribution in [0.25, 0.3) is 0 Å². The predicted molar refractivity (Wildman–Crippen MR) is 37.7 cm³/mol. The Labute approximate surface area is 55.7 Å². The van der Waals surface area contributed by atoms with Gasteiger partial charge in [-0.3, -0.25) is 4.79 Å². The molecule has 52 valence electrons. The minimum atomic E-state index is -0.292. The van der Waals surface area contributed by atoms with Gasteiger partial charge < -0.3 is 5.73 Å². The fourth-order valence-electron chi connectivity index (χ4n) is 0.717. The summed E-state index contributed by atoms with van der Waals surface area (Å²) in [6, 6.07) is 0. The second-order valence-corrected chi connectivity index (χ2v) is 2.41. The van der Waals surface area contributed by atoms with Gasteiger partial charge in [0.2, 0.25) is 5.91 Å². The van der Waals surface area contributed by atoms with E-state index in [1.807, 2.05) is 13.8 Å². The molecule has 2 heteroatoms. The van der Waals surface area contributed by atoms with E-state index in [-0.39, 0.29) is 17.7 Å². The molecule has 2 N–H and O–H groups in total. The average molecular weight is 127 g/mol. The minimum absolute atomic E-state index is 0.176. The third kappa shape index (κ3) is 2.31. The second-order valence-electron chi connectivity index (χ2n) is 2.41. The Morgan fingerprint density at radius 1 is 1.67 bits per heavy atom. The van der Waals surface area contributed by atoms with Crippen molar-refractivity contribution in [1.29, 1.82) is 0 Å². The minimum Gasteiger partial charge on any atom is -0.369 e. The van der Waals surface area contributed by atoms with Crippen molar-refractivity contribution >= 4 is 5.91 Å². The van der Waals surface area contributed by atoms with E-state index in [9.17, 15) is 4.79 Å². The molecule has 0 aromatic rings. The van der Waals surface area contributed by atoms with Crippen LogP contribution in [0.2, 0.25) is 0 Å². The highest BCUT2D eigenvalue weighted by Gasteiger charge is 2.13. The number of primary amides is 1. The van der Waals surface area contributed by atoms with Gasteiger partial charge in [0.1, 0.15) is 0 Å². The molecule has 0 saturated heterocycles. The summed E-state index contributed by atoms with van der Waals surface area (Å²) in [7, 11) is 0. The second kappa shape index (κ2) is 3.28. The van der Waals surface area contributed by atoms with Crippen molar-refractivity contribution < 1.29 is 4.79 Å². The lowest BCUT2D eigenvalue weighted by Crippen LogP contribution is -2.25. The first-order valence-corrected chi connectivity index (χ1v) is 3.01. The highest BCUT2D eigenvalue weighted by atomic mass is 16.1. The van der Waals surface area contributed by atoms with Crippen LogP contribution in [0.15, 0.2) is 12.7 Å². The number of hydrogen-bond acceptors (Lipinski definition) is 1. The average Bonchev–Trinajstić information content (AvgIpc) is 1.64. The molecule has 0 spiro atoms. The summed E-state index contributed by atoms with van der Waals surface area (Å²) in [4.78, 5) is 10.5. The van der Waals surface area contributed by atoms with Gasteiger partial charge in [-0.1, -0.05) is 19.9 Å². The first kappa shape index (κ1) is 8.21. The maximum atomic E-state index is 10.5. The van der Waals surface area contributed by atoms with Crippen LogP contribution in [-0.4, -0.2) is 5.91 Å². The van der Waals surface area contributed by atoms with E-state index >= 15 is 0 Å². The van der Waals surface area contributed by atoms with Crippen molar-refractivity contribution in [3.8, 4) is 0 Å². The monoisotopic (exact) mass is 127 g/mol. The van der Waals surface area contributed by atoms with Crippen LogP contribution < -0.4 is 5.73 Å². The molecular formula is C7H13NO. The molecular weight excluding hydrogens is 114 g/mol. The van der Waals surface area contributed by atoms with E-state index in [0.29, 0.717) is 0 Å². The smallest absolute Gasteiger partial charge is 0.224 e. The number of carbonyl (C=O) groups is 1. The first-order chi connectivity index (χ1) is 4.09. The third-order valence-corrected chi connectivity index (χ3v) is 1.30. The van der Waals surface area contributed by atoms with Gasteiger partial charge in [0.25, 0.3) is 0 Å². The van der Waals surface area contributed by atoms with Crippen molar-refractivity contribution in [3.63, 3.8) is 0 Å². The standard InChI is InChI=1S/C7H13NO/c1-4-6(5(2)3)7(8)9/h4-6H,1H2,2-3H3,(H2,8,9)/t6-/m0/s1. The van der Waals surface area contributed by atoms with E-state index in [4.69, 9.17) is 5.73 Å². The summed E-state index contributed by atoms with van der Waals surface area (Å²) in [6.45, 7) is 7.39. The largest absolute Gasteiger partial charge is 0.369 e. The molecule has 0 radical (unpaired) electrons. The molecule has 9 heavy (non-hydrogen) atoms. The highest BCUT2D eigenvalue weighted by molar-refractivity contribution is 5.78. The van der Waals surface area contributed by atoms with Gasteiger partial charge in [0.15, 0.2) is 0 Å². The zero-order valence-corrected chi connectivity index (χ0v) is 5.92. The Kier molecular flexibility index (Phi) is 2.99. The molecule has 0 heterocycles. The van der Waals surface area contributed by atoms with Gasteiger partial charge in [-0.15, -0.1) is 6.58 Å². The molecule has 0 rings (SSSR count). The lowest BCUT2D eigenvalue weighted by atomic mass is 9.96. The third-order valence-electron chi connectivity index (χ3n) is 1.30. The van der Waals surface area contributed by atoms with E-state index in [2.05, 4.69) is 6.58 Å². The Bertz CT molecular complexity index is 118. The number of nitrogens with two attached hydrogens (primary N) is 1. The molecule has 0 fully saturated rings. The van der Waals surface area contributed by atoms with Crippen molar-refractivity contribution in [2.45, 2.75) is 13.8 Å². The van der Waals surface area contributed by atoms with Gasteiger partial charge in [0, 0.05) is 0 Å². The van der Waals surface area contributed by atoms with Crippen molar-refractivity contribution in [3.05, 3.63) is 12.7 Å². The van der Waals surface area contributed by atoms with Crippen LogP contribution in [0.4, 0.5) is 0 Å². The molecule has 0 aliphatic heterocycles. The summed E-state index contributed by atoms with van der Waals surface area (Å²) in [5.41, 5.74) is 5.04. The molecule has 0 unspecified atom stereocenters. The lowest BCUT2D eigenvalue weighted by molar-refractivity contribution is -0.121. The van der Waals surface area contributed by atoms with E-state index in [1.165, 1.54) is 0 Å². The topological polar surface area (TPSA) is 43.1 Å². The number of rotatable bonds is 3. The lowest BCUT2D eigenvalue weighted by Gasteiger charge is -2.10. The van der Waals surface area contributed by atoms with Gasteiger partial charge in [-0.25, -0.2) is 0 Å². The van der Waals surface area contributed by atoms with Crippen molar-refractivity contribution in [2.24, 2.45) is 17.6 Å². The van der Waals surface area contributed by atoms with Gasteiger partial charge >= 0.3 is 0 Å². The zero-order valence-electron chi connectivity index (χ0n) is 5.92. The summed E-state index contributed by atoms with van der Waals surface area (Å²) in [6.07, 6.45) is 1.59. The van der Waals surface area contributed by atoms with E-state index in [1.54, 1.807) is 6.08 Å². The Morgan fingerprint density at radius 2 is 2.11 bits per heavy atom. The van der Waals surface area contributed by atoms with E-state index < -0.39 is 0 Å².